The lowest BCUT2D eigenvalue weighted by Crippen LogP contribution is -1.87. The SMILES string of the molecule is CC(C)=CC(OP(O)O)=C(C)C. The molecule has 0 rings (SSSR count). The van der Waals surface area contributed by atoms with E-state index in [-0.39, 0.29) is 0 Å². The molecule has 4 heteroatoms. The van der Waals surface area contributed by atoms with Crippen LogP contribution in [-0.4, -0.2) is 9.79 Å². The van der Waals surface area contributed by atoms with Gasteiger partial charge in [0.05, 0.1) is 0 Å². The zero-order valence-electron chi connectivity index (χ0n) is 7.83. The molecule has 0 atom stereocenters. The minimum atomic E-state index is -2.31. The molecule has 0 aromatic heterocycles. The highest BCUT2D eigenvalue weighted by Crippen LogP contribution is 2.30. The summed E-state index contributed by atoms with van der Waals surface area (Å²) in [6, 6.07) is 0. The van der Waals surface area contributed by atoms with E-state index in [0.29, 0.717) is 5.76 Å². The molecule has 3 nitrogen and oxygen atoms in total. The Morgan fingerprint density at radius 1 is 1.17 bits per heavy atom. The first kappa shape index (κ1) is 11.6. The predicted molar refractivity (Wildman–Crippen MR) is 50.2 cm³/mol. The fraction of sp³-hybridized carbons (Fsp3) is 0.500. The Hall–Kier alpha value is -0.370. The van der Waals surface area contributed by atoms with Gasteiger partial charge in [-0.2, -0.15) is 0 Å². The van der Waals surface area contributed by atoms with Gasteiger partial charge in [-0.05, 0) is 39.3 Å². The topological polar surface area (TPSA) is 49.7 Å². The van der Waals surface area contributed by atoms with Gasteiger partial charge in [-0.15, -0.1) is 0 Å². The third kappa shape index (κ3) is 5.30. The van der Waals surface area contributed by atoms with Crippen molar-refractivity contribution in [3.63, 3.8) is 0 Å². The largest absolute Gasteiger partial charge is 0.427 e. The molecule has 12 heavy (non-hydrogen) atoms. The molecule has 0 saturated heterocycles. The summed E-state index contributed by atoms with van der Waals surface area (Å²) in [5, 5.41) is 0. The minimum absolute atomic E-state index is 0.533. The van der Waals surface area contributed by atoms with Crippen LogP contribution < -0.4 is 0 Å². The summed E-state index contributed by atoms with van der Waals surface area (Å²) in [5.41, 5.74) is 1.98. The van der Waals surface area contributed by atoms with Crippen LogP contribution in [0, 0.1) is 0 Å². The molecule has 0 bridgehead atoms. The molecule has 0 unspecified atom stereocenters. The first-order chi connectivity index (χ1) is 5.43. The lowest BCUT2D eigenvalue weighted by atomic mass is 10.2. The number of allylic oxidation sites excluding steroid dienone is 3. The van der Waals surface area contributed by atoms with Crippen molar-refractivity contribution in [2.45, 2.75) is 27.7 Å². The van der Waals surface area contributed by atoms with E-state index in [1.54, 1.807) is 6.08 Å². The van der Waals surface area contributed by atoms with Gasteiger partial charge < -0.3 is 14.3 Å². The smallest absolute Gasteiger partial charge is 0.391 e. The van der Waals surface area contributed by atoms with E-state index in [9.17, 15) is 0 Å². The second kappa shape index (κ2) is 5.31. The molecular weight excluding hydrogens is 175 g/mol. The predicted octanol–water partition coefficient (Wildman–Crippen LogP) is 2.47. The van der Waals surface area contributed by atoms with Gasteiger partial charge in [-0.25, -0.2) is 0 Å². The Bertz CT molecular complexity index is 198. The molecule has 0 aliphatic carbocycles. The molecule has 2 N–H and O–H groups in total. The summed E-state index contributed by atoms with van der Waals surface area (Å²) in [4.78, 5) is 17.2. The standard InChI is InChI=1S/C8H15O3P/c1-6(2)5-8(7(3)4)11-12(9)10/h5,9-10H,1-4H3. The zero-order chi connectivity index (χ0) is 9.72. The van der Waals surface area contributed by atoms with Gasteiger partial charge in [0.1, 0.15) is 5.76 Å². The summed E-state index contributed by atoms with van der Waals surface area (Å²) in [6.45, 7) is 7.55. The molecule has 0 aromatic rings. The quantitative estimate of drug-likeness (QED) is 0.408. The van der Waals surface area contributed by atoms with Gasteiger partial charge in [0.15, 0.2) is 0 Å². The molecular formula is C8H15O3P. The summed E-state index contributed by atoms with van der Waals surface area (Å²) in [7, 11) is -2.31. The van der Waals surface area contributed by atoms with E-state index in [0.717, 1.165) is 11.1 Å². The molecule has 0 radical (unpaired) electrons. The van der Waals surface area contributed by atoms with Crippen LogP contribution in [0.1, 0.15) is 27.7 Å². The van der Waals surface area contributed by atoms with Gasteiger partial charge in [-0.1, -0.05) is 5.57 Å². The molecule has 0 aliphatic heterocycles. The third-order valence-electron chi connectivity index (χ3n) is 1.09. The highest BCUT2D eigenvalue weighted by molar-refractivity contribution is 7.39. The van der Waals surface area contributed by atoms with Crippen molar-refractivity contribution in [3.8, 4) is 0 Å². The van der Waals surface area contributed by atoms with E-state index in [4.69, 9.17) is 14.3 Å². The molecule has 0 spiro atoms. The molecule has 0 aromatic carbocycles. The van der Waals surface area contributed by atoms with Gasteiger partial charge in [-0.3, -0.25) is 0 Å². The van der Waals surface area contributed by atoms with E-state index in [2.05, 4.69) is 0 Å². The molecule has 0 aliphatic rings. The fourth-order valence-electron chi connectivity index (χ4n) is 0.612. The van der Waals surface area contributed by atoms with Crippen LogP contribution in [0.15, 0.2) is 23.0 Å². The first-order valence-electron chi connectivity index (χ1n) is 3.61. The lowest BCUT2D eigenvalue weighted by Gasteiger charge is -2.08. The van der Waals surface area contributed by atoms with Crippen LogP contribution in [0.3, 0.4) is 0 Å². The van der Waals surface area contributed by atoms with Gasteiger partial charge in [0, 0.05) is 0 Å². The highest BCUT2D eigenvalue weighted by Gasteiger charge is 2.04. The van der Waals surface area contributed by atoms with E-state index in [1.807, 2.05) is 27.7 Å². The average Bonchev–Trinajstić information content (AvgIpc) is 1.83. The Morgan fingerprint density at radius 2 is 1.67 bits per heavy atom. The van der Waals surface area contributed by atoms with Gasteiger partial charge in [0.2, 0.25) is 0 Å². The Labute approximate surface area is 74.4 Å². The van der Waals surface area contributed by atoms with Crippen molar-refractivity contribution in [2.24, 2.45) is 0 Å². The van der Waals surface area contributed by atoms with Crippen LogP contribution >= 0.6 is 8.60 Å². The zero-order valence-corrected chi connectivity index (χ0v) is 8.72. The Morgan fingerprint density at radius 3 is 1.92 bits per heavy atom. The second-order valence-corrected chi connectivity index (χ2v) is 3.62. The third-order valence-corrected chi connectivity index (χ3v) is 1.45. The lowest BCUT2D eigenvalue weighted by molar-refractivity contribution is 0.324. The normalized spacial score (nSPS) is 9.58. The van der Waals surface area contributed by atoms with Crippen molar-refractivity contribution in [2.75, 3.05) is 0 Å². The fourth-order valence-corrected chi connectivity index (χ4v) is 1.02. The number of hydrogen-bond acceptors (Lipinski definition) is 3. The van der Waals surface area contributed by atoms with Crippen molar-refractivity contribution < 1.29 is 14.3 Å². The summed E-state index contributed by atoms with van der Waals surface area (Å²) in [6.07, 6.45) is 1.77. The highest BCUT2D eigenvalue weighted by atomic mass is 31.2. The van der Waals surface area contributed by atoms with Crippen LogP contribution in [0.4, 0.5) is 0 Å². The maximum Gasteiger partial charge on any atom is 0.391 e. The van der Waals surface area contributed by atoms with Crippen LogP contribution in [0.2, 0.25) is 0 Å². The molecule has 0 fully saturated rings. The van der Waals surface area contributed by atoms with Crippen molar-refractivity contribution in [1.82, 2.24) is 0 Å². The van der Waals surface area contributed by atoms with Gasteiger partial charge in [0.25, 0.3) is 0 Å². The van der Waals surface area contributed by atoms with Crippen LogP contribution in [-0.2, 0) is 4.52 Å². The van der Waals surface area contributed by atoms with Crippen molar-refractivity contribution >= 4 is 8.60 Å². The maximum absolute atomic E-state index is 8.62. The van der Waals surface area contributed by atoms with Crippen LogP contribution in [0.25, 0.3) is 0 Å². The molecule has 70 valence electrons. The van der Waals surface area contributed by atoms with Crippen LogP contribution in [0.5, 0.6) is 0 Å². The second-order valence-electron chi connectivity index (χ2n) is 2.93. The molecule has 0 heterocycles. The minimum Gasteiger partial charge on any atom is -0.427 e. The average molecular weight is 190 g/mol. The first-order valence-corrected chi connectivity index (χ1v) is 4.78. The van der Waals surface area contributed by atoms with Crippen molar-refractivity contribution in [1.29, 1.82) is 0 Å². The van der Waals surface area contributed by atoms with Crippen molar-refractivity contribution in [3.05, 3.63) is 23.0 Å². The van der Waals surface area contributed by atoms with Gasteiger partial charge >= 0.3 is 8.60 Å². The molecule has 0 saturated carbocycles. The van der Waals surface area contributed by atoms with E-state index >= 15 is 0 Å². The molecule has 0 amide bonds. The number of rotatable bonds is 3. The van der Waals surface area contributed by atoms with E-state index in [1.165, 1.54) is 0 Å². The maximum atomic E-state index is 8.62. The Balaban J connectivity index is 4.49. The summed E-state index contributed by atoms with van der Waals surface area (Å²) >= 11 is 0. The Kier molecular flexibility index (Phi) is 5.14. The summed E-state index contributed by atoms with van der Waals surface area (Å²) in [5.74, 6) is 0.533. The van der Waals surface area contributed by atoms with E-state index < -0.39 is 8.60 Å². The number of hydrogen-bond donors (Lipinski definition) is 2. The monoisotopic (exact) mass is 190 g/mol. The summed E-state index contributed by atoms with van der Waals surface area (Å²) < 4.78 is 4.80.